The predicted molar refractivity (Wildman–Crippen MR) is 176 cm³/mol. The first-order chi connectivity index (χ1) is 22.4. The quantitative estimate of drug-likeness (QED) is 0.240. The van der Waals surface area contributed by atoms with Crippen molar-refractivity contribution in [2.75, 3.05) is 23.4 Å². The maximum absolute atomic E-state index is 14.0. The number of fused-ring (bicyclic) bond motifs is 9. The molecule has 2 bridgehead atoms. The first-order valence-corrected chi connectivity index (χ1v) is 17.2. The van der Waals surface area contributed by atoms with Crippen LogP contribution in [0.25, 0.3) is 0 Å². The Morgan fingerprint density at radius 2 is 1.63 bits per heavy atom. The predicted octanol–water partition coefficient (Wildman–Crippen LogP) is 5.53. The minimum Gasteiger partial charge on any atom is -0.490 e. The summed E-state index contributed by atoms with van der Waals surface area (Å²) in [6.07, 6.45) is 0.809. The highest BCUT2D eigenvalue weighted by molar-refractivity contribution is 8.00. The highest BCUT2D eigenvalue weighted by atomic mass is 32.2. The monoisotopic (exact) mass is 653 g/mol. The maximum Gasteiger partial charge on any atom is 0.305 e. The van der Waals surface area contributed by atoms with E-state index in [2.05, 4.69) is 10.3 Å². The van der Waals surface area contributed by atoms with Gasteiger partial charge in [0.15, 0.2) is 18.1 Å². The van der Waals surface area contributed by atoms with Crippen LogP contribution in [0.4, 0.5) is 11.4 Å². The van der Waals surface area contributed by atoms with Crippen LogP contribution in [0.2, 0.25) is 0 Å². The molecule has 11 heteroatoms. The summed E-state index contributed by atoms with van der Waals surface area (Å²) in [5.41, 5.74) is 2.26. The van der Waals surface area contributed by atoms with Crippen LogP contribution in [0.5, 0.6) is 11.5 Å². The molecule has 3 heterocycles. The molecular formula is C35H31N3O6S2. The number of rotatable bonds is 8. The molecule has 2 saturated carbocycles. The molecule has 2 aliphatic carbocycles. The van der Waals surface area contributed by atoms with Gasteiger partial charge < -0.3 is 19.8 Å². The van der Waals surface area contributed by atoms with E-state index in [0.717, 1.165) is 21.9 Å². The Morgan fingerprint density at radius 1 is 0.913 bits per heavy atom. The summed E-state index contributed by atoms with van der Waals surface area (Å²) >= 11 is 2.87. The number of thioether (sulfide) groups is 1. The number of hydrogen-bond donors (Lipinski definition) is 2. The van der Waals surface area contributed by atoms with E-state index in [-0.39, 0.29) is 70.0 Å². The molecule has 234 valence electrons. The molecule has 4 aromatic rings. The number of para-hydroxylation sites is 2. The van der Waals surface area contributed by atoms with Crippen LogP contribution in [0.3, 0.4) is 0 Å². The lowest BCUT2D eigenvalue weighted by Crippen LogP contribution is -2.42. The van der Waals surface area contributed by atoms with Gasteiger partial charge in [-0.2, -0.15) is 0 Å². The first kappa shape index (κ1) is 29.1. The number of carbonyl (C=O) groups excluding carboxylic acids is 3. The molecule has 7 atom stereocenters. The number of imide groups is 1. The Balaban J connectivity index is 1.11. The molecule has 2 aliphatic heterocycles. The molecule has 0 radical (unpaired) electrons. The van der Waals surface area contributed by atoms with E-state index >= 15 is 0 Å². The maximum atomic E-state index is 14.0. The highest BCUT2D eigenvalue weighted by Crippen LogP contribution is 2.68. The minimum atomic E-state index is -0.378. The lowest BCUT2D eigenvalue weighted by Gasteiger charge is -2.43. The van der Waals surface area contributed by atoms with Crippen molar-refractivity contribution in [2.24, 2.45) is 29.6 Å². The summed E-state index contributed by atoms with van der Waals surface area (Å²) in [5.74, 6) is -0.355. The van der Waals surface area contributed by atoms with Crippen molar-refractivity contribution in [3.8, 4) is 11.5 Å². The van der Waals surface area contributed by atoms with Crippen LogP contribution in [-0.4, -0.2) is 41.2 Å². The third-order valence-electron chi connectivity index (χ3n) is 9.78. The number of aromatic nitrogens is 1. The molecule has 0 spiro atoms. The standard InChI is InChI=1S/C35H31N3O6S2/c1-2-43-24-15-18(13-14-23(24)44-17-25(39)36-19-9-5-3-6-10-19)26-27-21-16-22(30(27)45-32-31(26)46-35(42)37-32)29-28(21)33(40)38(34(29)41)20-11-7-4-8-12-20/h3-15,21-22,26-30H,2,16-17H2,1H3,(H,36,39)(H,37,42)/t21-,22-,26+,27-,28+,29+,30-/m1/s1. The van der Waals surface area contributed by atoms with Gasteiger partial charge in [-0.25, -0.2) is 0 Å². The fourth-order valence-electron chi connectivity index (χ4n) is 8.19. The van der Waals surface area contributed by atoms with E-state index in [4.69, 9.17) is 9.47 Å². The van der Waals surface area contributed by atoms with Gasteiger partial charge in [0.1, 0.15) is 0 Å². The van der Waals surface area contributed by atoms with Gasteiger partial charge in [-0.3, -0.25) is 24.1 Å². The number of hydrogen-bond acceptors (Lipinski definition) is 8. The number of anilines is 2. The Bertz CT molecular complexity index is 1890. The van der Waals surface area contributed by atoms with Crippen LogP contribution in [0.15, 0.2) is 88.7 Å². The average molecular weight is 654 g/mol. The smallest absolute Gasteiger partial charge is 0.305 e. The molecule has 9 nitrogen and oxygen atoms in total. The molecule has 0 unspecified atom stereocenters. The summed E-state index contributed by atoms with van der Waals surface area (Å²) in [5, 5.41) is 3.75. The molecule has 1 saturated heterocycles. The fraction of sp³-hybridized carbons (Fsp3) is 0.314. The molecule has 4 aliphatic rings. The summed E-state index contributed by atoms with van der Waals surface area (Å²) in [6.45, 7) is 2.09. The van der Waals surface area contributed by atoms with Crippen LogP contribution in [0, 0.1) is 29.6 Å². The molecule has 8 rings (SSSR count). The van der Waals surface area contributed by atoms with Crippen molar-refractivity contribution >= 4 is 52.2 Å². The van der Waals surface area contributed by atoms with Crippen LogP contribution in [-0.2, 0) is 14.4 Å². The summed E-state index contributed by atoms with van der Waals surface area (Å²) in [4.78, 5) is 58.3. The van der Waals surface area contributed by atoms with Gasteiger partial charge in [0, 0.05) is 21.7 Å². The third kappa shape index (κ3) is 4.67. The van der Waals surface area contributed by atoms with Crippen molar-refractivity contribution in [1.82, 2.24) is 4.98 Å². The Hall–Kier alpha value is -4.35. The number of nitrogens with one attached hydrogen (secondary N) is 2. The van der Waals surface area contributed by atoms with Crippen molar-refractivity contribution in [3.63, 3.8) is 0 Å². The number of ether oxygens (including phenoxy) is 2. The van der Waals surface area contributed by atoms with Gasteiger partial charge in [0.2, 0.25) is 11.8 Å². The number of carbonyl (C=O) groups is 3. The van der Waals surface area contributed by atoms with Gasteiger partial charge >= 0.3 is 4.87 Å². The van der Waals surface area contributed by atoms with Gasteiger partial charge in [0.05, 0.1) is 29.2 Å². The SMILES string of the molecule is CCOc1cc([C@@H]2c3sc(=O)[nH]c3S[C@@H]3[C@@H]4C[C@@H]([C@@H]5C(=O)N(c6ccccc6)C(=O)[C@@H]45)[C@H]23)ccc1OCC(=O)Nc1ccccc1. The molecule has 1 aromatic heterocycles. The lowest BCUT2D eigenvalue weighted by molar-refractivity contribution is -0.123. The molecule has 3 amide bonds. The minimum absolute atomic E-state index is 0.00108. The van der Waals surface area contributed by atoms with E-state index in [0.29, 0.717) is 29.5 Å². The zero-order valence-electron chi connectivity index (χ0n) is 24.9. The van der Waals surface area contributed by atoms with Crippen molar-refractivity contribution in [2.45, 2.75) is 29.5 Å². The van der Waals surface area contributed by atoms with Crippen LogP contribution < -0.4 is 24.6 Å². The van der Waals surface area contributed by atoms with Gasteiger partial charge in [-0.1, -0.05) is 53.8 Å². The van der Waals surface area contributed by atoms with Crippen LogP contribution in [0.1, 0.15) is 29.7 Å². The Labute approximate surface area is 273 Å². The van der Waals surface area contributed by atoms with Crippen molar-refractivity contribution in [1.29, 1.82) is 0 Å². The van der Waals surface area contributed by atoms with Gasteiger partial charge in [-0.05, 0) is 73.1 Å². The van der Waals surface area contributed by atoms with Gasteiger partial charge in [0.25, 0.3) is 5.91 Å². The Morgan fingerprint density at radius 3 is 2.37 bits per heavy atom. The molecule has 46 heavy (non-hydrogen) atoms. The van der Waals surface area contributed by atoms with E-state index in [9.17, 15) is 19.2 Å². The first-order valence-electron chi connectivity index (χ1n) is 15.5. The second kappa shape index (κ2) is 11.5. The summed E-state index contributed by atoms with van der Waals surface area (Å²) in [6, 6.07) is 24.1. The second-order valence-corrected chi connectivity index (χ2v) is 14.4. The van der Waals surface area contributed by atoms with E-state index in [1.807, 2.05) is 85.8 Å². The van der Waals surface area contributed by atoms with Crippen molar-refractivity contribution < 1.29 is 23.9 Å². The number of amides is 3. The summed E-state index contributed by atoms with van der Waals surface area (Å²) < 4.78 is 11.9. The second-order valence-electron chi connectivity index (χ2n) is 12.1. The van der Waals surface area contributed by atoms with Gasteiger partial charge in [-0.15, -0.1) is 11.8 Å². The number of nitrogens with zero attached hydrogens (tertiary/aromatic N) is 1. The molecule has 3 aromatic carbocycles. The lowest BCUT2D eigenvalue weighted by atomic mass is 9.68. The highest BCUT2D eigenvalue weighted by Gasteiger charge is 2.69. The zero-order valence-corrected chi connectivity index (χ0v) is 26.5. The fourth-order valence-corrected chi connectivity index (χ4v) is 11.1. The molecular weight excluding hydrogens is 623 g/mol. The normalized spacial score (nSPS) is 27.2. The Kier molecular flexibility index (Phi) is 7.25. The van der Waals surface area contributed by atoms with Crippen molar-refractivity contribution in [3.05, 3.63) is 99.0 Å². The number of thiazole rings is 1. The zero-order chi connectivity index (χ0) is 31.5. The van der Waals surface area contributed by atoms with E-state index in [1.165, 1.54) is 16.2 Å². The third-order valence-corrected chi connectivity index (χ3v) is 12.4. The average Bonchev–Trinajstić information content (AvgIpc) is 3.80. The number of benzene rings is 3. The molecule has 2 N–H and O–H groups in total. The number of aromatic amines is 1. The largest absolute Gasteiger partial charge is 0.490 e. The molecule has 3 fully saturated rings. The van der Waals surface area contributed by atoms with E-state index < -0.39 is 0 Å². The summed E-state index contributed by atoms with van der Waals surface area (Å²) in [7, 11) is 0. The number of H-pyrrole nitrogens is 1. The van der Waals surface area contributed by atoms with Crippen LogP contribution >= 0.6 is 23.1 Å². The van der Waals surface area contributed by atoms with E-state index in [1.54, 1.807) is 11.8 Å². The topological polar surface area (TPSA) is 118 Å².